The van der Waals surface area contributed by atoms with Crippen LogP contribution in [0.4, 0.5) is 0 Å². The minimum Gasteiger partial charge on any atom is -0.311 e. The maximum absolute atomic E-state index is 6.04. The van der Waals surface area contributed by atoms with E-state index >= 15 is 0 Å². The molecular formula is C11H14Cl3N. The summed E-state index contributed by atoms with van der Waals surface area (Å²) in [5.74, 6) is 0. The van der Waals surface area contributed by atoms with Crippen LogP contribution in [-0.4, -0.2) is 11.9 Å². The lowest BCUT2D eigenvalue weighted by molar-refractivity contribution is 0.647. The van der Waals surface area contributed by atoms with Crippen molar-refractivity contribution in [3.8, 4) is 0 Å². The quantitative estimate of drug-likeness (QED) is 0.791. The van der Waals surface area contributed by atoms with Gasteiger partial charge in [0.1, 0.15) is 0 Å². The Morgan fingerprint density at radius 3 is 2.73 bits per heavy atom. The summed E-state index contributed by atoms with van der Waals surface area (Å²) < 4.78 is 0. The van der Waals surface area contributed by atoms with E-state index in [-0.39, 0.29) is 5.38 Å². The molecule has 0 fully saturated rings. The first-order valence-corrected chi connectivity index (χ1v) is 6.12. The predicted molar refractivity (Wildman–Crippen MR) is 68.1 cm³/mol. The van der Waals surface area contributed by atoms with Crippen LogP contribution in [0.1, 0.15) is 18.9 Å². The van der Waals surface area contributed by atoms with Gasteiger partial charge in [0, 0.05) is 18.5 Å². The number of nitrogens with one attached hydrogen (secondary N) is 1. The average molecular weight is 267 g/mol. The fourth-order valence-corrected chi connectivity index (χ4v) is 1.69. The Kier molecular flexibility index (Phi) is 5.77. The summed E-state index contributed by atoms with van der Waals surface area (Å²) in [6.07, 6.45) is 0.956. The van der Waals surface area contributed by atoms with E-state index in [1.165, 1.54) is 0 Å². The fourth-order valence-electron chi connectivity index (χ4n) is 1.19. The minimum atomic E-state index is 0.169. The van der Waals surface area contributed by atoms with Crippen LogP contribution in [0.2, 0.25) is 10.0 Å². The Labute approximate surface area is 106 Å². The van der Waals surface area contributed by atoms with Crippen molar-refractivity contribution in [2.75, 3.05) is 6.54 Å². The second kappa shape index (κ2) is 6.59. The third-order valence-corrected chi connectivity index (χ3v) is 3.48. The molecule has 1 atom stereocenters. The van der Waals surface area contributed by atoms with Gasteiger partial charge in [-0.2, -0.15) is 0 Å². The first-order valence-electron chi connectivity index (χ1n) is 4.92. The molecule has 1 unspecified atom stereocenters. The van der Waals surface area contributed by atoms with Crippen molar-refractivity contribution in [2.45, 2.75) is 25.3 Å². The molecule has 1 nitrogen and oxygen atoms in total. The molecule has 0 bridgehead atoms. The van der Waals surface area contributed by atoms with E-state index in [9.17, 15) is 0 Å². The van der Waals surface area contributed by atoms with Crippen LogP contribution in [0.15, 0.2) is 18.2 Å². The van der Waals surface area contributed by atoms with Crippen molar-refractivity contribution >= 4 is 34.8 Å². The van der Waals surface area contributed by atoms with Crippen LogP contribution in [0.5, 0.6) is 0 Å². The molecule has 4 heteroatoms. The first kappa shape index (κ1) is 13.1. The molecule has 84 valence electrons. The maximum Gasteiger partial charge on any atom is 0.0637 e. The number of hydrogen-bond donors (Lipinski definition) is 1. The second-order valence-electron chi connectivity index (χ2n) is 3.35. The van der Waals surface area contributed by atoms with Crippen LogP contribution in [0.25, 0.3) is 0 Å². The summed E-state index contributed by atoms with van der Waals surface area (Å²) >= 11 is 17.9. The monoisotopic (exact) mass is 265 g/mol. The lowest BCUT2D eigenvalue weighted by Crippen LogP contribution is -2.22. The molecule has 0 saturated heterocycles. The van der Waals surface area contributed by atoms with Gasteiger partial charge in [0.2, 0.25) is 0 Å². The number of benzene rings is 1. The zero-order valence-corrected chi connectivity index (χ0v) is 10.8. The lowest BCUT2D eigenvalue weighted by Gasteiger charge is -2.10. The van der Waals surface area contributed by atoms with Gasteiger partial charge in [-0.1, -0.05) is 42.3 Å². The van der Waals surface area contributed by atoms with E-state index in [1.54, 1.807) is 6.07 Å². The Morgan fingerprint density at radius 2 is 2.07 bits per heavy atom. The highest BCUT2D eigenvalue weighted by molar-refractivity contribution is 6.42. The number of halogens is 3. The molecule has 1 aromatic carbocycles. The van der Waals surface area contributed by atoms with E-state index in [2.05, 4.69) is 12.2 Å². The molecule has 1 N–H and O–H groups in total. The molecule has 0 aliphatic rings. The van der Waals surface area contributed by atoms with E-state index in [4.69, 9.17) is 34.8 Å². The van der Waals surface area contributed by atoms with Gasteiger partial charge >= 0.3 is 0 Å². The molecule has 15 heavy (non-hydrogen) atoms. The third-order valence-electron chi connectivity index (χ3n) is 2.16. The van der Waals surface area contributed by atoms with Crippen LogP contribution >= 0.6 is 34.8 Å². The van der Waals surface area contributed by atoms with Gasteiger partial charge in [-0.25, -0.2) is 0 Å². The van der Waals surface area contributed by atoms with Gasteiger partial charge < -0.3 is 5.32 Å². The van der Waals surface area contributed by atoms with Crippen molar-refractivity contribution in [1.82, 2.24) is 5.32 Å². The molecule has 1 aromatic rings. The van der Waals surface area contributed by atoms with Crippen LogP contribution in [0.3, 0.4) is 0 Å². The van der Waals surface area contributed by atoms with Crippen molar-refractivity contribution in [3.05, 3.63) is 33.8 Å². The third kappa shape index (κ3) is 4.20. The van der Waals surface area contributed by atoms with Crippen LogP contribution < -0.4 is 5.32 Å². The summed E-state index contributed by atoms with van der Waals surface area (Å²) in [5, 5.41) is 4.63. The highest BCUT2D eigenvalue weighted by atomic mass is 35.5. The SMILES string of the molecule is CCC(Cl)CNCc1cccc(Cl)c1Cl. The van der Waals surface area contributed by atoms with Gasteiger partial charge in [0.15, 0.2) is 0 Å². The topological polar surface area (TPSA) is 12.0 Å². The van der Waals surface area contributed by atoms with Gasteiger partial charge in [-0.15, -0.1) is 11.6 Å². The number of alkyl halides is 1. The summed E-state index contributed by atoms with van der Waals surface area (Å²) in [6.45, 7) is 3.54. The summed E-state index contributed by atoms with van der Waals surface area (Å²) in [6, 6.07) is 5.63. The largest absolute Gasteiger partial charge is 0.311 e. The second-order valence-corrected chi connectivity index (χ2v) is 4.75. The zero-order valence-electron chi connectivity index (χ0n) is 8.56. The van der Waals surface area contributed by atoms with E-state index in [0.29, 0.717) is 16.6 Å². The highest BCUT2D eigenvalue weighted by Gasteiger charge is 2.05. The van der Waals surface area contributed by atoms with E-state index < -0.39 is 0 Å². The number of hydrogen-bond acceptors (Lipinski definition) is 1. The van der Waals surface area contributed by atoms with Crippen molar-refractivity contribution in [3.63, 3.8) is 0 Å². The molecular weight excluding hydrogens is 252 g/mol. The van der Waals surface area contributed by atoms with E-state index in [0.717, 1.165) is 18.5 Å². The zero-order chi connectivity index (χ0) is 11.3. The van der Waals surface area contributed by atoms with Gasteiger partial charge in [0.25, 0.3) is 0 Å². The summed E-state index contributed by atoms with van der Waals surface area (Å²) in [4.78, 5) is 0. The molecule has 0 radical (unpaired) electrons. The van der Waals surface area contributed by atoms with Gasteiger partial charge in [-0.05, 0) is 18.1 Å². The Balaban J connectivity index is 2.47. The van der Waals surface area contributed by atoms with Crippen LogP contribution in [0, 0.1) is 0 Å². The minimum absolute atomic E-state index is 0.169. The van der Waals surface area contributed by atoms with Gasteiger partial charge in [0.05, 0.1) is 10.0 Å². The van der Waals surface area contributed by atoms with Crippen molar-refractivity contribution in [1.29, 1.82) is 0 Å². The molecule has 0 heterocycles. The van der Waals surface area contributed by atoms with Crippen molar-refractivity contribution < 1.29 is 0 Å². The molecule has 0 saturated carbocycles. The standard InChI is InChI=1S/C11H14Cl3N/c1-2-9(12)7-15-6-8-4-3-5-10(13)11(8)14/h3-5,9,15H,2,6-7H2,1H3. The lowest BCUT2D eigenvalue weighted by atomic mass is 10.2. The normalized spacial score (nSPS) is 12.8. The summed E-state index contributed by atoms with van der Waals surface area (Å²) in [7, 11) is 0. The van der Waals surface area contributed by atoms with E-state index in [1.807, 2.05) is 12.1 Å². The van der Waals surface area contributed by atoms with Crippen LogP contribution in [-0.2, 0) is 6.54 Å². The smallest absolute Gasteiger partial charge is 0.0637 e. The highest BCUT2D eigenvalue weighted by Crippen LogP contribution is 2.25. The number of rotatable bonds is 5. The maximum atomic E-state index is 6.04. The Bertz CT molecular complexity index is 315. The fraction of sp³-hybridized carbons (Fsp3) is 0.455. The van der Waals surface area contributed by atoms with Gasteiger partial charge in [-0.3, -0.25) is 0 Å². The average Bonchev–Trinajstić information content (AvgIpc) is 2.24. The molecule has 1 rings (SSSR count). The molecule has 0 amide bonds. The predicted octanol–water partition coefficient (Wildman–Crippen LogP) is 4.10. The summed E-state index contributed by atoms with van der Waals surface area (Å²) in [5.41, 5.74) is 1.00. The Hall–Kier alpha value is 0.0500. The molecule has 0 aliphatic carbocycles. The first-order chi connectivity index (χ1) is 7.15. The molecule has 0 spiro atoms. The molecule has 0 aromatic heterocycles. The molecule has 0 aliphatic heterocycles. The Morgan fingerprint density at radius 1 is 1.33 bits per heavy atom. The van der Waals surface area contributed by atoms with Crippen molar-refractivity contribution in [2.24, 2.45) is 0 Å².